The minimum Gasteiger partial charge on any atom is -0.497 e. The lowest BCUT2D eigenvalue weighted by molar-refractivity contribution is 0.414. The van der Waals surface area contributed by atoms with Crippen molar-refractivity contribution in [2.24, 2.45) is 0 Å². The van der Waals surface area contributed by atoms with Gasteiger partial charge in [0, 0.05) is 11.1 Å². The lowest BCUT2D eigenvalue weighted by atomic mass is 10.1. The lowest BCUT2D eigenvalue weighted by Crippen LogP contribution is -1.84. The van der Waals surface area contributed by atoms with Gasteiger partial charge >= 0.3 is 0 Å². The van der Waals surface area contributed by atoms with Gasteiger partial charge < -0.3 is 9.26 Å². The molecule has 0 fully saturated rings. The van der Waals surface area contributed by atoms with E-state index in [0.29, 0.717) is 0 Å². The Hall–Kier alpha value is -1.77. The van der Waals surface area contributed by atoms with Crippen molar-refractivity contribution in [3.63, 3.8) is 0 Å². The number of benzene rings is 1. The third-order valence-corrected chi connectivity index (χ3v) is 2.38. The molecule has 1 aromatic carbocycles. The van der Waals surface area contributed by atoms with E-state index in [-0.39, 0.29) is 0 Å². The van der Waals surface area contributed by atoms with Crippen molar-refractivity contribution in [1.29, 1.82) is 0 Å². The summed E-state index contributed by atoms with van der Waals surface area (Å²) in [4.78, 5) is 0. The summed E-state index contributed by atoms with van der Waals surface area (Å²) in [5.74, 6) is 1.69. The van der Waals surface area contributed by atoms with Crippen LogP contribution in [0.5, 0.6) is 5.75 Å². The van der Waals surface area contributed by atoms with Crippen LogP contribution in [0, 0.1) is 0 Å². The van der Waals surface area contributed by atoms with Crippen LogP contribution >= 0.6 is 0 Å². The Labute approximate surface area is 88.7 Å². The number of ether oxygens (including phenoxy) is 1. The monoisotopic (exact) mass is 203 g/mol. The Morgan fingerprint density at radius 3 is 2.60 bits per heavy atom. The molecule has 2 aromatic rings. The molecular formula is C12H13NO2. The molecule has 0 bridgehead atoms. The van der Waals surface area contributed by atoms with Crippen LogP contribution in [0.1, 0.15) is 12.5 Å². The maximum absolute atomic E-state index is 5.22. The zero-order valence-electron chi connectivity index (χ0n) is 8.86. The van der Waals surface area contributed by atoms with E-state index in [9.17, 15) is 0 Å². The highest BCUT2D eigenvalue weighted by Gasteiger charge is 2.08. The van der Waals surface area contributed by atoms with Gasteiger partial charge in [0.15, 0.2) is 5.76 Å². The van der Waals surface area contributed by atoms with Gasteiger partial charge in [-0.15, -0.1) is 0 Å². The molecule has 0 unspecified atom stereocenters. The van der Waals surface area contributed by atoms with Crippen LogP contribution in [0.4, 0.5) is 0 Å². The van der Waals surface area contributed by atoms with E-state index in [0.717, 1.165) is 29.1 Å². The Balaban J connectivity index is 2.37. The molecule has 0 radical (unpaired) electrons. The minimum absolute atomic E-state index is 0.844. The zero-order chi connectivity index (χ0) is 10.7. The van der Waals surface area contributed by atoms with Crippen LogP contribution in [0.25, 0.3) is 11.3 Å². The summed E-state index contributed by atoms with van der Waals surface area (Å²) in [6, 6.07) is 7.77. The molecule has 0 atom stereocenters. The van der Waals surface area contributed by atoms with Crippen molar-refractivity contribution in [2.45, 2.75) is 13.3 Å². The molecule has 3 heteroatoms. The van der Waals surface area contributed by atoms with Crippen LogP contribution in [0.2, 0.25) is 0 Å². The molecule has 0 saturated heterocycles. The summed E-state index contributed by atoms with van der Waals surface area (Å²) in [5, 5.41) is 3.81. The third-order valence-electron chi connectivity index (χ3n) is 2.38. The lowest BCUT2D eigenvalue weighted by Gasteiger charge is -2.01. The first kappa shape index (κ1) is 9.77. The molecule has 15 heavy (non-hydrogen) atoms. The Kier molecular flexibility index (Phi) is 2.72. The minimum atomic E-state index is 0.844. The van der Waals surface area contributed by atoms with Gasteiger partial charge in [-0.3, -0.25) is 0 Å². The van der Waals surface area contributed by atoms with E-state index in [1.54, 1.807) is 13.3 Å². The number of methoxy groups -OCH3 is 1. The van der Waals surface area contributed by atoms with Gasteiger partial charge in [0.25, 0.3) is 0 Å². The van der Waals surface area contributed by atoms with E-state index < -0.39 is 0 Å². The SMILES string of the molecule is CCc1cnoc1-c1ccc(OC)cc1. The maximum atomic E-state index is 5.22. The van der Waals surface area contributed by atoms with Gasteiger partial charge in [-0.25, -0.2) is 0 Å². The molecule has 1 aromatic heterocycles. The summed E-state index contributed by atoms with van der Waals surface area (Å²) in [7, 11) is 1.65. The van der Waals surface area contributed by atoms with Gasteiger partial charge in [-0.05, 0) is 30.7 Å². The molecule has 0 aliphatic carbocycles. The maximum Gasteiger partial charge on any atom is 0.169 e. The fourth-order valence-electron chi connectivity index (χ4n) is 1.49. The number of aromatic nitrogens is 1. The first-order chi connectivity index (χ1) is 7.35. The first-order valence-corrected chi connectivity index (χ1v) is 4.93. The highest BCUT2D eigenvalue weighted by Crippen LogP contribution is 2.25. The van der Waals surface area contributed by atoms with Crippen molar-refractivity contribution in [2.75, 3.05) is 7.11 Å². The summed E-state index contributed by atoms with van der Waals surface area (Å²) in [5.41, 5.74) is 2.16. The normalized spacial score (nSPS) is 10.3. The second-order valence-electron chi connectivity index (χ2n) is 3.26. The van der Waals surface area contributed by atoms with Gasteiger partial charge in [0.2, 0.25) is 0 Å². The molecule has 0 aliphatic rings. The van der Waals surface area contributed by atoms with E-state index >= 15 is 0 Å². The molecule has 78 valence electrons. The molecule has 0 amide bonds. The molecule has 2 rings (SSSR count). The number of hydrogen-bond donors (Lipinski definition) is 0. The number of rotatable bonds is 3. The average Bonchev–Trinajstić information content (AvgIpc) is 2.77. The van der Waals surface area contributed by atoms with Gasteiger partial charge in [0.1, 0.15) is 5.75 Å². The van der Waals surface area contributed by atoms with E-state index in [2.05, 4.69) is 12.1 Å². The van der Waals surface area contributed by atoms with E-state index in [1.165, 1.54) is 0 Å². The van der Waals surface area contributed by atoms with Crippen molar-refractivity contribution in [3.05, 3.63) is 36.0 Å². The Morgan fingerprint density at radius 1 is 1.27 bits per heavy atom. The van der Waals surface area contributed by atoms with E-state index in [4.69, 9.17) is 9.26 Å². The summed E-state index contributed by atoms with van der Waals surface area (Å²) in [6.07, 6.45) is 2.68. The average molecular weight is 203 g/mol. The molecule has 1 heterocycles. The first-order valence-electron chi connectivity index (χ1n) is 4.93. The predicted octanol–water partition coefficient (Wildman–Crippen LogP) is 2.91. The quantitative estimate of drug-likeness (QED) is 0.769. The van der Waals surface area contributed by atoms with Gasteiger partial charge in [0.05, 0.1) is 13.3 Å². The topological polar surface area (TPSA) is 35.3 Å². The fraction of sp³-hybridized carbons (Fsp3) is 0.250. The zero-order valence-corrected chi connectivity index (χ0v) is 8.86. The van der Waals surface area contributed by atoms with Crippen LogP contribution < -0.4 is 4.74 Å². The summed E-state index contributed by atoms with van der Waals surface area (Å²) >= 11 is 0. The van der Waals surface area contributed by atoms with E-state index in [1.807, 2.05) is 24.3 Å². The second-order valence-corrected chi connectivity index (χ2v) is 3.26. The molecular weight excluding hydrogens is 190 g/mol. The largest absolute Gasteiger partial charge is 0.497 e. The summed E-state index contributed by atoms with van der Waals surface area (Å²) < 4.78 is 10.3. The number of aryl methyl sites for hydroxylation is 1. The standard InChI is InChI=1S/C12H13NO2/c1-3-9-8-13-15-12(9)10-4-6-11(14-2)7-5-10/h4-8H,3H2,1-2H3. The second kappa shape index (κ2) is 4.17. The molecule has 0 aliphatic heterocycles. The molecule has 0 N–H and O–H groups in total. The Morgan fingerprint density at radius 2 is 2.00 bits per heavy atom. The van der Waals surface area contributed by atoms with Crippen LogP contribution in [-0.2, 0) is 6.42 Å². The fourth-order valence-corrected chi connectivity index (χ4v) is 1.49. The van der Waals surface area contributed by atoms with Crippen LogP contribution in [-0.4, -0.2) is 12.3 Å². The van der Waals surface area contributed by atoms with Crippen LogP contribution in [0.15, 0.2) is 35.0 Å². The Bertz CT molecular complexity index is 431. The highest BCUT2D eigenvalue weighted by molar-refractivity contribution is 5.61. The molecule has 0 saturated carbocycles. The van der Waals surface area contributed by atoms with Crippen LogP contribution in [0.3, 0.4) is 0 Å². The third kappa shape index (κ3) is 1.86. The number of nitrogens with zero attached hydrogens (tertiary/aromatic N) is 1. The highest BCUT2D eigenvalue weighted by atomic mass is 16.5. The number of hydrogen-bond acceptors (Lipinski definition) is 3. The van der Waals surface area contributed by atoms with Crippen molar-refractivity contribution < 1.29 is 9.26 Å². The summed E-state index contributed by atoms with van der Waals surface area (Å²) in [6.45, 7) is 2.08. The van der Waals surface area contributed by atoms with Crippen molar-refractivity contribution in [3.8, 4) is 17.1 Å². The predicted molar refractivity (Wildman–Crippen MR) is 57.9 cm³/mol. The molecule has 3 nitrogen and oxygen atoms in total. The molecule has 0 spiro atoms. The van der Waals surface area contributed by atoms with Crippen molar-refractivity contribution >= 4 is 0 Å². The van der Waals surface area contributed by atoms with Gasteiger partial charge in [-0.2, -0.15) is 0 Å². The smallest absolute Gasteiger partial charge is 0.169 e. The van der Waals surface area contributed by atoms with Gasteiger partial charge in [-0.1, -0.05) is 12.1 Å². The van der Waals surface area contributed by atoms with Crippen molar-refractivity contribution in [1.82, 2.24) is 5.16 Å².